The van der Waals surface area contributed by atoms with Crippen LogP contribution in [0.25, 0.3) is 11.3 Å². The molecule has 0 amide bonds. The molecule has 0 saturated heterocycles. The van der Waals surface area contributed by atoms with Crippen molar-refractivity contribution in [1.29, 1.82) is 0 Å². The quantitative estimate of drug-likeness (QED) is 0.700. The lowest BCUT2D eigenvalue weighted by Crippen LogP contribution is -1.91. The highest BCUT2D eigenvalue weighted by Gasteiger charge is 1.98. The molecule has 64 valence electrons. The zero-order valence-electron chi connectivity index (χ0n) is 6.88. The van der Waals surface area contributed by atoms with Crippen molar-refractivity contribution in [3.63, 3.8) is 0 Å². The van der Waals surface area contributed by atoms with Crippen molar-refractivity contribution < 1.29 is 0 Å². The van der Waals surface area contributed by atoms with Gasteiger partial charge in [-0.3, -0.25) is 4.98 Å². The van der Waals surface area contributed by atoms with Crippen LogP contribution in [0.1, 0.15) is 0 Å². The first-order chi connectivity index (χ1) is 6.36. The van der Waals surface area contributed by atoms with E-state index < -0.39 is 0 Å². The molecule has 13 heavy (non-hydrogen) atoms. The summed E-state index contributed by atoms with van der Waals surface area (Å²) in [4.78, 5) is 3.91. The Kier molecular flexibility index (Phi) is 1.88. The van der Waals surface area contributed by atoms with E-state index in [2.05, 4.69) is 15.2 Å². The molecule has 0 aliphatic rings. The highest BCUT2D eigenvalue weighted by Crippen LogP contribution is 2.15. The lowest BCUT2D eigenvalue weighted by atomic mass is 10.2. The van der Waals surface area contributed by atoms with Gasteiger partial charge in [-0.05, 0) is 18.2 Å². The minimum Gasteiger partial charge on any atom is -0.397 e. The molecule has 0 fully saturated rings. The Hall–Kier alpha value is -1.97. The van der Waals surface area contributed by atoms with Crippen LogP contribution in [-0.2, 0) is 0 Å². The zero-order valence-corrected chi connectivity index (χ0v) is 6.88. The molecule has 0 aliphatic carbocycles. The van der Waals surface area contributed by atoms with Crippen LogP contribution >= 0.6 is 0 Å². The van der Waals surface area contributed by atoms with E-state index in [1.807, 2.05) is 12.1 Å². The van der Waals surface area contributed by atoms with Gasteiger partial charge in [0.05, 0.1) is 17.6 Å². The second kappa shape index (κ2) is 3.18. The summed E-state index contributed by atoms with van der Waals surface area (Å²) in [6.07, 6.45) is 4.94. The molecule has 2 heterocycles. The molecule has 0 bridgehead atoms. The second-order valence-electron chi connectivity index (χ2n) is 2.61. The van der Waals surface area contributed by atoms with Gasteiger partial charge in [0, 0.05) is 18.0 Å². The number of rotatable bonds is 1. The first kappa shape index (κ1) is 7.67. The predicted octanol–water partition coefficient (Wildman–Crippen LogP) is 1.12. The summed E-state index contributed by atoms with van der Waals surface area (Å²) in [6, 6.07) is 5.51. The molecular weight excluding hydrogens is 164 g/mol. The molecule has 4 heteroatoms. The van der Waals surface area contributed by atoms with E-state index in [1.165, 1.54) is 6.20 Å². The lowest BCUT2D eigenvalue weighted by Gasteiger charge is -1.98. The molecule has 0 spiro atoms. The van der Waals surface area contributed by atoms with Crippen molar-refractivity contribution in [3.8, 4) is 11.3 Å². The van der Waals surface area contributed by atoms with E-state index in [-0.39, 0.29) is 0 Å². The molecule has 2 aromatic heterocycles. The summed E-state index contributed by atoms with van der Waals surface area (Å²) >= 11 is 0. The average Bonchev–Trinajstić information content (AvgIpc) is 2.19. The maximum absolute atomic E-state index is 5.58. The van der Waals surface area contributed by atoms with Crippen LogP contribution in [0.15, 0.2) is 36.8 Å². The Morgan fingerprint density at radius 2 is 1.92 bits per heavy atom. The molecule has 0 aliphatic heterocycles. The number of hydrogen-bond acceptors (Lipinski definition) is 4. The van der Waals surface area contributed by atoms with E-state index >= 15 is 0 Å². The number of nitrogen functional groups attached to an aromatic ring is 1. The molecule has 4 nitrogen and oxygen atoms in total. The fourth-order valence-corrected chi connectivity index (χ4v) is 1.05. The fraction of sp³-hybridized carbons (Fsp3) is 0. The molecule has 2 rings (SSSR count). The topological polar surface area (TPSA) is 64.7 Å². The van der Waals surface area contributed by atoms with Crippen LogP contribution in [-0.4, -0.2) is 15.2 Å². The molecule has 0 atom stereocenters. The number of aromatic nitrogens is 3. The van der Waals surface area contributed by atoms with Crippen LogP contribution in [0.2, 0.25) is 0 Å². The van der Waals surface area contributed by atoms with Crippen molar-refractivity contribution in [3.05, 3.63) is 36.8 Å². The molecule has 0 saturated carbocycles. The maximum Gasteiger partial charge on any atom is 0.0951 e. The van der Waals surface area contributed by atoms with Gasteiger partial charge in [0.15, 0.2) is 0 Å². The van der Waals surface area contributed by atoms with Gasteiger partial charge in [0.25, 0.3) is 0 Å². The van der Waals surface area contributed by atoms with Gasteiger partial charge in [0.1, 0.15) is 0 Å². The lowest BCUT2D eigenvalue weighted by molar-refractivity contribution is 1.04. The standard InChI is InChI=1S/C9H8N4/c10-8-5-9(13-12-6-8)7-1-3-11-4-2-7/h1-6H,(H2,10,13). The number of hydrogen-bond donors (Lipinski definition) is 1. The van der Waals surface area contributed by atoms with Crippen molar-refractivity contribution in [2.45, 2.75) is 0 Å². The van der Waals surface area contributed by atoms with Gasteiger partial charge >= 0.3 is 0 Å². The first-order valence-electron chi connectivity index (χ1n) is 3.85. The number of anilines is 1. The van der Waals surface area contributed by atoms with Crippen LogP contribution in [0, 0.1) is 0 Å². The summed E-state index contributed by atoms with van der Waals surface area (Å²) in [5, 5.41) is 7.72. The monoisotopic (exact) mass is 172 g/mol. The largest absolute Gasteiger partial charge is 0.397 e. The summed E-state index contributed by atoms with van der Waals surface area (Å²) in [5.41, 5.74) is 7.92. The average molecular weight is 172 g/mol. The number of nitrogens with zero attached hydrogens (tertiary/aromatic N) is 3. The zero-order chi connectivity index (χ0) is 9.10. The van der Waals surface area contributed by atoms with E-state index in [4.69, 9.17) is 5.73 Å². The minimum atomic E-state index is 0.613. The van der Waals surface area contributed by atoms with Gasteiger partial charge in [-0.1, -0.05) is 0 Å². The minimum absolute atomic E-state index is 0.613. The van der Waals surface area contributed by atoms with Crippen LogP contribution in [0.5, 0.6) is 0 Å². The summed E-state index contributed by atoms with van der Waals surface area (Å²) < 4.78 is 0. The number of pyridine rings is 1. The SMILES string of the molecule is Nc1cnnc(-c2ccncc2)c1. The van der Waals surface area contributed by atoms with Crippen molar-refractivity contribution in [2.24, 2.45) is 0 Å². The maximum atomic E-state index is 5.58. The summed E-state index contributed by atoms with van der Waals surface area (Å²) in [5.74, 6) is 0. The molecule has 2 N–H and O–H groups in total. The van der Waals surface area contributed by atoms with E-state index in [0.717, 1.165) is 11.3 Å². The number of nitrogens with two attached hydrogens (primary N) is 1. The molecule has 2 aromatic rings. The van der Waals surface area contributed by atoms with Crippen molar-refractivity contribution in [2.75, 3.05) is 5.73 Å². The Labute approximate surface area is 75.5 Å². The van der Waals surface area contributed by atoms with Gasteiger partial charge in [-0.25, -0.2) is 0 Å². The van der Waals surface area contributed by atoms with Gasteiger partial charge in [-0.15, -0.1) is 0 Å². The van der Waals surface area contributed by atoms with Crippen molar-refractivity contribution >= 4 is 5.69 Å². The summed E-state index contributed by atoms with van der Waals surface area (Å²) in [6.45, 7) is 0. The third-order valence-electron chi connectivity index (χ3n) is 1.65. The van der Waals surface area contributed by atoms with Crippen LogP contribution < -0.4 is 5.73 Å². The molecule has 0 aromatic carbocycles. The van der Waals surface area contributed by atoms with Crippen molar-refractivity contribution in [1.82, 2.24) is 15.2 Å². The van der Waals surface area contributed by atoms with E-state index in [9.17, 15) is 0 Å². The molecule has 0 radical (unpaired) electrons. The normalized spacial score (nSPS) is 9.85. The Morgan fingerprint density at radius 3 is 2.62 bits per heavy atom. The van der Waals surface area contributed by atoms with Crippen LogP contribution in [0.4, 0.5) is 5.69 Å². The Balaban J connectivity index is 2.48. The van der Waals surface area contributed by atoms with Gasteiger partial charge in [-0.2, -0.15) is 10.2 Å². The smallest absolute Gasteiger partial charge is 0.0951 e. The second-order valence-corrected chi connectivity index (χ2v) is 2.61. The Bertz CT molecular complexity index is 399. The Morgan fingerprint density at radius 1 is 1.15 bits per heavy atom. The third kappa shape index (κ3) is 1.61. The molecular formula is C9H8N4. The molecule has 0 unspecified atom stereocenters. The first-order valence-corrected chi connectivity index (χ1v) is 3.85. The predicted molar refractivity (Wildman–Crippen MR) is 49.7 cm³/mol. The highest BCUT2D eigenvalue weighted by atomic mass is 15.1. The highest BCUT2D eigenvalue weighted by molar-refractivity contribution is 5.61. The van der Waals surface area contributed by atoms with Gasteiger partial charge in [0.2, 0.25) is 0 Å². The third-order valence-corrected chi connectivity index (χ3v) is 1.65. The van der Waals surface area contributed by atoms with E-state index in [1.54, 1.807) is 18.5 Å². The van der Waals surface area contributed by atoms with Crippen LogP contribution in [0.3, 0.4) is 0 Å². The van der Waals surface area contributed by atoms with Gasteiger partial charge < -0.3 is 5.73 Å². The van der Waals surface area contributed by atoms with E-state index in [0.29, 0.717) is 5.69 Å². The summed E-state index contributed by atoms with van der Waals surface area (Å²) in [7, 11) is 0. The fourth-order valence-electron chi connectivity index (χ4n) is 1.05.